The second-order valence-corrected chi connectivity index (χ2v) is 12.2. The summed E-state index contributed by atoms with van der Waals surface area (Å²) in [4.78, 5) is 0. The summed E-state index contributed by atoms with van der Waals surface area (Å²) in [5.41, 5.74) is 7.57. The lowest BCUT2D eigenvalue weighted by atomic mass is 9.85. The summed E-state index contributed by atoms with van der Waals surface area (Å²) in [6.45, 7) is 1.30. The van der Waals surface area contributed by atoms with Crippen molar-refractivity contribution in [3.05, 3.63) is 150 Å². The summed E-state index contributed by atoms with van der Waals surface area (Å²) in [6, 6.07) is 43.9. The van der Waals surface area contributed by atoms with Gasteiger partial charge >= 0.3 is 0 Å². The third-order valence-corrected chi connectivity index (χ3v) is 9.25. The van der Waals surface area contributed by atoms with Crippen molar-refractivity contribution in [2.75, 3.05) is 6.61 Å². The zero-order valence-corrected chi connectivity index (χ0v) is 26.1. The Bertz CT molecular complexity index is 2530. The smallest absolute Gasteiger partial charge is 0.162 e. The van der Waals surface area contributed by atoms with Crippen molar-refractivity contribution in [3.8, 4) is 22.3 Å². The SMILES string of the molecule is B/C(C)=C(O)/C(O)=C(\CO)c1ccc(-c2c3ccccc3c(-c3ccc4c(c3)oc3ccc5ccccc5c34)c3ccccc23)cc1. The maximum Gasteiger partial charge on any atom is 0.162 e. The second-order valence-electron chi connectivity index (χ2n) is 12.2. The van der Waals surface area contributed by atoms with Gasteiger partial charge in [0.15, 0.2) is 5.76 Å². The molecule has 0 spiro atoms. The molecule has 0 radical (unpaired) electrons. The van der Waals surface area contributed by atoms with E-state index < -0.39 is 6.61 Å². The fourth-order valence-corrected chi connectivity index (χ4v) is 6.97. The van der Waals surface area contributed by atoms with E-state index in [0.29, 0.717) is 11.0 Å². The Kier molecular flexibility index (Phi) is 6.86. The van der Waals surface area contributed by atoms with Crippen LogP contribution in [0.25, 0.3) is 82.1 Å². The predicted molar refractivity (Wildman–Crippen MR) is 198 cm³/mol. The van der Waals surface area contributed by atoms with Gasteiger partial charge in [0.1, 0.15) is 24.8 Å². The minimum absolute atomic E-state index is 0.222. The highest BCUT2D eigenvalue weighted by atomic mass is 16.3. The summed E-state index contributed by atoms with van der Waals surface area (Å²) in [7, 11) is 1.71. The molecule has 7 aromatic carbocycles. The lowest BCUT2D eigenvalue weighted by Gasteiger charge is -2.18. The van der Waals surface area contributed by atoms with Gasteiger partial charge in [-0.1, -0.05) is 115 Å². The van der Waals surface area contributed by atoms with Crippen LogP contribution in [0.3, 0.4) is 0 Å². The predicted octanol–water partition coefficient (Wildman–Crippen LogP) is 10.1. The molecule has 0 saturated heterocycles. The van der Waals surface area contributed by atoms with E-state index >= 15 is 0 Å². The lowest BCUT2D eigenvalue weighted by molar-refractivity contribution is 0.311. The van der Waals surface area contributed by atoms with Crippen LogP contribution in [0.5, 0.6) is 0 Å². The van der Waals surface area contributed by atoms with Gasteiger partial charge in [-0.15, -0.1) is 0 Å². The van der Waals surface area contributed by atoms with Crippen molar-refractivity contribution in [2.45, 2.75) is 6.92 Å². The molecule has 8 rings (SSSR count). The number of hydrogen-bond donors (Lipinski definition) is 3. The van der Waals surface area contributed by atoms with Crippen LogP contribution in [0.1, 0.15) is 12.5 Å². The van der Waals surface area contributed by atoms with Crippen LogP contribution >= 0.6 is 0 Å². The van der Waals surface area contributed by atoms with Crippen molar-refractivity contribution in [1.29, 1.82) is 0 Å². The first-order valence-corrected chi connectivity index (χ1v) is 15.7. The molecular weight excluding hydrogens is 579 g/mol. The number of allylic oxidation sites excluding steroid dienone is 1. The number of benzene rings is 7. The third-order valence-electron chi connectivity index (χ3n) is 9.25. The van der Waals surface area contributed by atoms with Gasteiger partial charge in [0.05, 0.1) is 6.61 Å². The van der Waals surface area contributed by atoms with Gasteiger partial charge in [-0.3, -0.25) is 0 Å². The molecule has 0 aliphatic rings. The van der Waals surface area contributed by atoms with Crippen LogP contribution < -0.4 is 0 Å². The van der Waals surface area contributed by atoms with Crippen LogP contribution in [0.15, 0.2) is 149 Å². The molecule has 47 heavy (non-hydrogen) atoms. The van der Waals surface area contributed by atoms with E-state index in [-0.39, 0.29) is 17.1 Å². The normalized spacial score (nSPS) is 13.1. The molecule has 0 amide bonds. The maximum atomic E-state index is 10.7. The zero-order chi connectivity index (χ0) is 32.2. The molecule has 0 saturated carbocycles. The average Bonchev–Trinajstić information content (AvgIpc) is 3.49. The number of fused-ring (bicyclic) bond motifs is 7. The first kappa shape index (κ1) is 28.7. The number of aliphatic hydroxyl groups is 3. The van der Waals surface area contributed by atoms with Gasteiger partial charge in [-0.2, -0.15) is 0 Å². The van der Waals surface area contributed by atoms with Crippen molar-refractivity contribution < 1.29 is 19.7 Å². The highest BCUT2D eigenvalue weighted by Gasteiger charge is 2.19. The summed E-state index contributed by atoms with van der Waals surface area (Å²) in [5.74, 6) is -0.532. The summed E-state index contributed by atoms with van der Waals surface area (Å²) >= 11 is 0. The highest BCUT2D eigenvalue weighted by Crippen LogP contribution is 2.45. The largest absolute Gasteiger partial charge is 0.505 e. The van der Waals surface area contributed by atoms with E-state index in [2.05, 4.69) is 103 Å². The van der Waals surface area contributed by atoms with Gasteiger partial charge in [-0.25, -0.2) is 0 Å². The van der Waals surface area contributed by atoms with Crippen molar-refractivity contribution in [2.24, 2.45) is 0 Å². The minimum atomic E-state index is -0.408. The van der Waals surface area contributed by atoms with E-state index in [4.69, 9.17) is 4.42 Å². The van der Waals surface area contributed by atoms with Crippen LogP contribution in [-0.4, -0.2) is 29.8 Å². The molecule has 226 valence electrons. The quantitative estimate of drug-likeness (QED) is 0.0785. The Hall–Kier alpha value is -5.78. The number of aliphatic hydroxyl groups excluding tert-OH is 3. The molecule has 0 unspecified atom stereocenters. The van der Waals surface area contributed by atoms with Gasteiger partial charge in [0.2, 0.25) is 0 Å². The van der Waals surface area contributed by atoms with Crippen LogP contribution in [0, 0.1) is 0 Å². The Morgan fingerprint density at radius 2 is 1.13 bits per heavy atom. The fraction of sp³-hybridized carbons (Fsp3) is 0.0476. The van der Waals surface area contributed by atoms with Crippen LogP contribution in [0.4, 0.5) is 0 Å². The minimum Gasteiger partial charge on any atom is -0.505 e. The molecule has 0 aliphatic carbocycles. The second kappa shape index (κ2) is 11.2. The Morgan fingerprint density at radius 1 is 0.574 bits per heavy atom. The summed E-state index contributed by atoms with van der Waals surface area (Å²) < 4.78 is 6.47. The third kappa shape index (κ3) is 4.58. The Balaban J connectivity index is 1.33. The van der Waals surface area contributed by atoms with Gasteiger partial charge in [-0.05, 0) is 85.3 Å². The van der Waals surface area contributed by atoms with Crippen LogP contribution in [-0.2, 0) is 0 Å². The molecule has 0 aliphatic heterocycles. The van der Waals surface area contributed by atoms with Gasteiger partial charge in [0, 0.05) is 16.3 Å². The molecular formula is C42H31BO4. The van der Waals surface area contributed by atoms with E-state index in [0.717, 1.165) is 65.7 Å². The standard InChI is InChI=1S/C42H31BO4/c1-24(43)41(45)42(46)35(23-44)26-14-16-27(17-15-26)38-30-10-4-6-12-32(30)39(33-13-7-5-11-31(33)38)28-18-20-34-37(22-28)47-36-21-19-25-8-2-3-9-29(25)40(34)36/h2-22,44-46H,23,43H2,1H3/b41-24-,42-35-. The first-order chi connectivity index (χ1) is 22.9. The van der Waals surface area contributed by atoms with Crippen molar-refractivity contribution in [3.63, 3.8) is 0 Å². The number of rotatable bonds is 5. The van der Waals surface area contributed by atoms with Gasteiger partial charge in [0.25, 0.3) is 0 Å². The summed E-state index contributed by atoms with van der Waals surface area (Å²) in [5, 5.41) is 40.2. The number of hydrogen-bond acceptors (Lipinski definition) is 4. The van der Waals surface area contributed by atoms with E-state index in [9.17, 15) is 15.3 Å². The molecule has 0 atom stereocenters. The van der Waals surface area contributed by atoms with Crippen molar-refractivity contribution >= 4 is 67.7 Å². The maximum absolute atomic E-state index is 10.7. The number of furan rings is 1. The molecule has 1 heterocycles. The lowest BCUT2D eigenvalue weighted by Crippen LogP contribution is -2.01. The highest BCUT2D eigenvalue weighted by molar-refractivity contribution is 6.23. The molecule has 8 aromatic rings. The topological polar surface area (TPSA) is 73.8 Å². The van der Waals surface area contributed by atoms with E-state index in [1.54, 1.807) is 14.8 Å². The zero-order valence-electron chi connectivity index (χ0n) is 26.1. The van der Waals surface area contributed by atoms with Crippen molar-refractivity contribution in [1.82, 2.24) is 0 Å². The molecule has 0 fully saturated rings. The van der Waals surface area contributed by atoms with E-state index in [1.165, 1.54) is 10.8 Å². The molecule has 5 heteroatoms. The average molecular weight is 611 g/mol. The molecule has 3 N–H and O–H groups in total. The molecule has 1 aromatic heterocycles. The fourth-order valence-electron chi connectivity index (χ4n) is 6.97. The first-order valence-electron chi connectivity index (χ1n) is 15.7. The van der Waals surface area contributed by atoms with Gasteiger partial charge < -0.3 is 19.7 Å². The molecule has 4 nitrogen and oxygen atoms in total. The monoisotopic (exact) mass is 610 g/mol. The molecule has 0 bridgehead atoms. The Labute approximate surface area is 272 Å². The van der Waals surface area contributed by atoms with Crippen LogP contribution in [0.2, 0.25) is 0 Å². The summed E-state index contributed by atoms with van der Waals surface area (Å²) in [6.07, 6.45) is 0. The Morgan fingerprint density at radius 3 is 1.72 bits per heavy atom. The van der Waals surface area contributed by atoms with E-state index in [1.807, 2.05) is 24.3 Å².